The number of hydrogen-bond acceptors (Lipinski definition) is 6. The van der Waals surface area contributed by atoms with Crippen molar-refractivity contribution in [3.8, 4) is 11.5 Å². The van der Waals surface area contributed by atoms with Gasteiger partial charge in [-0.05, 0) is 86.0 Å². The van der Waals surface area contributed by atoms with E-state index in [1.165, 1.54) is 23.1 Å². The Morgan fingerprint density at radius 2 is 1.87 bits per heavy atom. The molecule has 10 heteroatoms. The molecule has 196 valence electrons. The minimum absolute atomic E-state index is 0.0971. The molecular weight excluding hydrogens is 547 g/mol. The zero-order chi connectivity index (χ0) is 27.4. The number of halogens is 2. The van der Waals surface area contributed by atoms with Gasteiger partial charge in [0.2, 0.25) is 0 Å². The number of carbonyl (C=O) groups excluding carboxylic acids is 2. The molecule has 0 aromatic heterocycles. The van der Waals surface area contributed by atoms with Gasteiger partial charge in [-0.2, -0.15) is 0 Å². The number of nitrogens with zero attached hydrogens (tertiary/aromatic N) is 1. The fraction of sp³-hybridized carbons (Fsp3) is 0.179. The molecule has 0 saturated carbocycles. The highest BCUT2D eigenvalue weighted by Gasteiger charge is 2.33. The number of amides is 2. The number of ether oxygens (including phenoxy) is 2. The SMILES string of the molecule is CCOc1cc(/C=C2/SC(=S)N(c3ccc(F)c(Cl)c3)C2=O)ccc1OCC(=O)Nc1ccc(C)c(C)c1. The first-order valence-electron chi connectivity index (χ1n) is 11.7. The van der Waals surface area contributed by atoms with Crippen molar-refractivity contribution >= 4 is 69.2 Å². The van der Waals surface area contributed by atoms with Crippen LogP contribution >= 0.6 is 35.6 Å². The predicted octanol–water partition coefficient (Wildman–Crippen LogP) is 6.92. The van der Waals surface area contributed by atoms with Gasteiger partial charge in [-0.3, -0.25) is 14.5 Å². The number of benzene rings is 3. The van der Waals surface area contributed by atoms with Crippen molar-refractivity contribution in [1.82, 2.24) is 0 Å². The molecule has 0 atom stereocenters. The molecule has 1 saturated heterocycles. The Kier molecular flexibility index (Phi) is 8.71. The second-order valence-electron chi connectivity index (χ2n) is 8.39. The Morgan fingerprint density at radius 1 is 1.08 bits per heavy atom. The van der Waals surface area contributed by atoms with Crippen LogP contribution in [0.4, 0.5) is 15.8 Å². The highest BCUT2D eigenvalue weighted by molar-refractivity contribution is 8.27. The predicted molar refractivity (Wildman–Crippen MR) is 155 cm³/mol. The van der Waals surface area contributed by atoms with Crippen LogP contribution in [0.25, 0.3) is 6.08 Å². The van der Waals surface area contributed by atoms with E-state index in [0.29, 0.717) is 44.3 Å². The second kappa shape index (κ2) is 12.0. The molecule has 0 spiro atoms. The molecule has 3 aromatic rings. The van der Waals surface area contributed by atoms with Gasteiger partial charge in [-0.25, -0.2) is 4.39 Å². The van der Waals surface area contributed by atoms with Gasteiger partial charge in [-0.1, -0.05) is 47.7 Å². The number of thiocarbonyl (C=S) groups is 1. The van der Waals surface area contributed by atoms with E-state index in [-0.39, 0.29) is 23.4 Å². The summed E-state index contributed by atoms with van der Waals surface area (Å²) in [4.78, 5) is 27.2. The summed E-state index contributed by atoms with van der Waals surface area (Å²) in [6.07, 6.45) is 1.68. The summed E-state index contributed by atoms with van der Waals surface area (Å²) < 4.78 is 25.3. The Bertz CT molecular complexity index is 1460. The molecule has 3 aromatic carbocycles. The van der Waals surface area contributed by atoms with Crippen LogP contribution in [0, 0.1) is 19.7 Å². The van der Waals surface area contributed by atoms with Gasteiger partial charge in [0.25, 0.3) is 11.8 Å². The van der Waals surface area contributed by atoms with Gasteiger partial charge in [0.1, 0.15) is 5.82 Å². The molecule has 6 nitrogen and oxygen atoms in total. The monoisotopic (exact) mass is 570 g/mol. The Hall–Kier alpha value is -3.40. The van der Waals surface area contributed by atoms with Crippen LogP contribution in [-0.4, -0.2) is 29.3 Å². The fourth-order valence-electron chi connectivity index (χ4n) is 3.63. The lowest BCUT2D eigenvalue weighted by molar-refractivity contribution is -0.118. The van der Waals surface area contributed by atoms with Crippen LogP contribution in [0.2, 0.25) is 5.02 Å². The molecule has 2 amide bonds. The maximum atomic E-state index is 13.6. The smallest absolute Gasteiger partial charge is 0.270 e. The van der Waals surface area contributed by atoms with Gasteiger partial charge in [-0.15, -0.1) is 0 Å². The van der Waals surface area contributed by atoms with E-state index >= 15 is 0 Å². The fourth-order valence-corrected chi connectivity index (χ4v) is 5.10. The second-order valence-corrected chi connectivity index (χ2v) is 10.5. The number of rotatable bonds is 8. The van der Waals surface area contributed by atoms with Crippen molar-refractivity contribution in [2.24, 2.45) is 0 Å². The molecule has 1 heterocycles. The quantitative estimate of drug-likeness (QED) is 0.234. The molecule has 0 radical (unpaired) electrons. The largest absolute Gasteiger partial charge is 0.490 e. The topological polar surface area (TPSA) is 67.9 Å². The molecule has 1 fully saturated rings. The summed E-state index contributed by atoms with van der Waals surface area (Å²) in [6.45, 7) is 6.00. The molecule has 1 aliphatic heterocycles. The van der Waals surface area contributed by atoms with E-state index in [4.69, 9.17) is 33.3 Å². The van der Waals surface area contributed by atoms with Crippen molar-refractivity contribution < 1.29 is 23.5 Å². The molecule has 0 bridgehead atoms. The summed E-state index contributed by atoms with van der Waals surface area (Å²) in [5.41, 5.74) is 3.99. The number of thioether (sulfide) groups is 1. The van der Waals surface area contributed by atoms with Crippen molar-refractivity contribution in [3.05, 3.63) is 87.0 Å². The summed E-state index contributed by atoms with van der Waals surface area (Å²) in [5.74, 6) is -0.396. The molecule has 0 aliphatic carbocycles. The maximum absolute atomic E-state index is 13.6. The average molecular weight is 571 g/mol. The Labute approximate surface area is 234 Å². The summed E-state index contributed by atoms with van der Waals surface area (Å²) >= 11 is 12.4. The Balaban J connectivity index is 1.48. The first kappa shape index (κ1) is 27.6. The van der Waals surface area contributed by atoms with E-state index in [9.17, 15) is 14.0 Å². The van der Waals surface area contributed by atoms with Crippen LogP contribution in [0.3, 0.4) is 0 Å². The summed E-state index contributed by atoms with van der Waals surface area (Å²) in [6, 6.07) is 14.8. The normalized spacial score (nSPS) is 14.2. The lowest BCUT2D eigenvalue weighted by Crippen LogP contribution is -2.27. The number of hydrogen-bond donors (Lipinski definition) is 1. The maximum Gasteiger partial charge on any atom is 0.270 e. The molecule has 4 rings (SSSR count). The number of nitrogens with one attached hydrogen (secondary N) is 1. The van der Waals surface area contributed by atoms with Crippen molar-refractivity contribution in [1.29, 1.82) is 0 Å². The van der Waals surface area contributed by atoms with E-state index in [1.54, 1.807) is 24.3 Å². The van der Waals surface area contributed by atoms with Gasteiger partial charge in [0, 0.05) is 5.69 Å². The number of aryl methyl sites for hydroxylation is 2. The van der Waals surface area contributed by atoms with Crippen molar-refractivity contribution in [2.75, 3.05) is 23.4 Å². The van der Waals surface area contributed by atoms with E-state index < -0.39 is 5.82 Å². The van der Waals surface area contributed by atoms with Gasteiger partial charge < -0.3 is 14.8 Å². The van der Waals surface area contributed by atoms with E-state index in [1.807, 2.05) is 39.0 Å². The first-order valence-corrected chi connectivity index (χ1v) is 13.3. The minimum Gasteiger partial charge on any atom is -0.490 e. The standard InChI is InChI=1S/C28H24ClFN2O4S2/c1-4-35-24-12-18(6-10-23(24)36-15-26(33)31-19-7-5-16(2)17(3)11-19)13-25-27(34)32(28(37)38-25)20-8-9-22(30)21(29)14-20/h5-14H,4,15H2,1-3H3,(H,31,33)/b25-13+. The van der Waals surface area contributed by atoms with Crippen LogP contribution in [0.15, 0.2) is 59.5 Å². The minimum atomic E-state index is -0.579. The third-order valence-corrected chi connectivity index (χ3v) is 7.26. The van der Waals surface area contributed by atoms with Crippen LogP contribution < -0.4 is 19.7 Å². The molecule has 1 aliphatic rings. The number of anilines is 2. The van der Waals surface area contributed by atoms with Crippen molar-refractivity contribution in [2.45, 2.75) is 20.8 Å². The van der Waals surface area contributed by atoms with Gasteiger partial charge >= 0.3 is 0 Å². The van der Waals surface area contributed by atoms with Crippen molar-refractivity contribution in [3.63, 3.8) is 0 Å². The molecule has 1 N–H and O–H groups in total. The molecular formula is C28H24ClFN2O4S2. The summed E-state index contributed by atoms with van der Waals surface area (Å²) in [5, 5.41) is 2.73. The molecule has 38 heavy (non-hydrogen) atoms. The van der Waals surface area contributed by atoms with Crippen LogP contribution in [0.1, 0.15) is 23.6 Å². The van der Waals surface area contributed by atoms with Gasteiger partial charge in [0.15, 0.2) is 22.4 Å². The zero-order valence-electron chi connectivity index (χ0n) is 20.8. The first-order chi connectivity index (χ1) is 18.2. The third-order valence-electron chi connectivity index (χ3n) is 5.67. The van der Waals surface area contributed by atoms with Gasteiger partial charge in [0.05, 0.1) is 22.2 Å². The van der Waals surface area contributed by atoms with E-state index in [2.05, 4.69) is 5.32 Å². The highest BCUT2D eigenvalue weighted by Crippen LogP contribution is 2.38. The summed E-state index contributed by atoms with van der Waals surface area (Å²) in [7, 11) is 0. The third kappa shape index (κ3) is 6.35. The van der Waals surface area contributed by atoms with Crippen LogP contribution in [-0.2, 0) is 9.59 Å². The lowest BCUT2D eigenvalue weighted by atomic mass is 10.1. The zero-order valence-corrected chi connectivity index (χ0v) is 23.2. The average Bonchev–Trinajstić information content (AvgIpc) is 3.15. The molecule has 0 unspecified atom stereocenters. The number of carbonyl (C=O) groups is 2. The van der Waals surface area contributed by atoms with Crippen LogP contribution in [0.5, 0.6) is 11.5 Å². The lowest BCUT2D eigenvalue weighted by Gasteiger charge is -2.15. The Morgan fingerprint density at radius 3 is 2.58 bits per heavy atom. The highest BCUT2D eigenvalue weighted by atomic mass is 35.5. The van der Waals surface area contributed by atoms with E-state index in [0.717, 1.165) is 22.9 Å².